The lowest BCUT2D eigenvalue weighted by Crippen LogP contribution is -2.36. The predicted molar refractivity (Wildman–Crippen MR) is 58.3 cm³/mol. The number of rotatable bonds is 7. The van der Waals surface area contributed by atoms with Gasteiger partial charge in [-0.2, -0.15) is 4.98 Å². The number of nitrogens with zero attached hydrogens (tertiary/aromatic N) is 3. The molecule has 6 nitrogen and oxygen atoms in total. The second-order valence-electron chi connectivity index (χ2n) is 4.08. The average Bonchev–Trinajstić information content (AvgIpc) is 3.00. The fraction of sp³-hybridized carbons (Fsp3) is 0.800. The van der Waals surface area contributed by atoms with Gasteiger partial charge in [-0.25, -0.2) is 0 Å². The van der Waals surface area contributed by atoms with E-state index in [-0.39, 0.29) is 6.10 Å². The van der Waals surface area contributed by atoms with Crippen LogP contribution in [-0.2, 0) is 11.8 Å². The van der Waals surface area contributed by atoms with Crippen molar-refractivity contribution in [3.8, 4) is 6.01 Å². The van der Waals surface area contributed by atoms with E-state index < -0.39 is 0 Å². The Bertz CT molecular complexity index is 324. The Balaban J connectivity index is 1.80. The van der Waals surface area contributed by atoms with Crippen molar-refractivity contribution >= 4 is 0 Å². The van der Waals surface area contributed by atoms with Gasteiger partial charge in [0, 0.05) is 26.7 Å². The van der Waals surface area contributed by atoms with Crippen LogP contribution in [0.2, 0.25) is 0 Å². The quantitative estimate of drug-likeness (QED) is 0.707. The SMILES string of the molecule is COCC(CNC1CC1)Oc1ncn(C)n1. The number of aryl methyl sites for hydroxylation is 1. The zero-order valence-electron chi connectivity index (χ0n) is 9.72. The summed E-state index contributed by atoms with van der Waals surface area (Å²) in [5.41, 5.74) is 0. The molecule has 1 aromatic rings. The molecule has 90 valence electrons. The maximum absolute atomic E-state index is 5.62. The van der Waals surface area contributed by atoms with Crippen LogP contribution in [0.4, 0.5) is 0 Å². The molecule has 0 radical (unpaired) electrons. The molecular formula is C10H18N4O2. The van der Waals surface area contributed by atoms with Crippen LogP contribution in [0, 0.1) is 0 Å². The number of ether oxygens (including phenoxy) is 2. The zero-order chi connectivity index (χ0) is 11.4. The Hall–Kier alpha value is -1.14. The van der Waals surface area contributed by atoms with E-state index in [0.29, 0.717) is 18.7 Å². The maximum Gasteiger partial charge on any atom is 0.335 e. The summed E-state index contributed by atoms with van der Waals surface area (Å²) >= 11 is 0. The van der Waals surface area contributed by atoms with Crippen molar-refractivity contribution in [2.75, 3.05) is 20.3 Å². The Kier molecular flexibility index (Phi) is 3.74. The van der Waals surface area contributed by atoms with E-state index in [0.717, 1.165) is 6.54 Å². The van der Waals surface area contributed by atoms with E-state index in [1.54, 1.807) is 18.1 Å². The van der Waals surface area contributed by atoms with Crippen molar-refractivity contribution in [3.05, 3.63) is 6.33 Å². The molecule has 1 aliphatic carbocycles. The molecule has 1 atom stereocenters. The minimum atomic E-state index is -0.0343. The molecule has 0 amide bonds. The second-order valence-corrected chi connectivity index (χ2v) is 4.08. The first kappa shape index (κ1) is 11.3. The Labute approximate surface area is 94.9 Å². The molecular weight excluding hydrogens is 208 g/mol. The summed E-state index contributed by atoms with van der Waals surface area (Å²) in [6, 6.07) is 1.07. The summed E-state index contributed by atoms with van der Waals surface area (Å²) in [7, 11) is 3.48. The fourth-order valence-corrected chi connectivity index (χ4v) is 1.43. The lowest BCUT2D eigenvalue weighted by Gasteiger charge is -2.16. The van der Waals surface area contributed by atoms with Crippen molar-refractivity contribution in [2.45, 2.75) is 25.0 Å². The first-order valence-corrected chi connectivity index (χ1v) is 5.52. The summed E-state index contributed by atoms with van der Waals surface area (Å²) in [6.07, 6.45) is 4.12. The summed E-state index contributed by atoms with van der Waals surface area (Å²) in [5.74, 6) is 0. The van der Waals surface area contributed by atoms with E-state index in [4.69, 9.17) is 9.47 Å². The van der Waals surface area contributed by atoms with Crippen molar-refractivity contribution in [2.24, 2.45) is 7.05 Å². The lowest BCUT2D eigenvalue weighted by molar-refractivity contribution is 0.0739. The average molecular weight is 226 g/mol. The van der Waals surface area contributed by atoms with Gasteiger partial charge in [-0.15, -0.1) is 5.10 Å². The molecule has 1 aliphatic rings. The van der Waals surface area contributed by atoms with E-state index in [1.165, 1.54) is 12.8 Å². The first-order valence-electron chi connectivity index (χ1n) is 5.52. The molecule has 1 heterocycles. The van der Waals surface area contributed by atoms with Gasteiger partial charge in [0.05, 0.1) is 6.61 Å². The van der Waals surface area contributed by atoms with Crippen molar-refractivity contribution < 1.29 is 9.47 Å². The third-order valence-electron chi connectivity index (χ3n) is 2.41. The molecule has 0 aliphatic heterocycles. The molecule has 1 fully saturated rings. The highest BCUT2D eigenvalue weighted by Gasteiger charge is 2.22. The van der Waals surface area contributed by atoms with Crippen LogP contribution in [0.15, 0.2) is 6.33 Å². The van der Waals surface area contributed by atoms with Gasteiger partial charge in [-0.05, 0) is 12.8 Å². The van der Waals surface area contributed by atoms with E-state index in [2.05, 4.69) is 15.4 Å². The minimum Gasteiger partial charge on any atom is -0.455 e. The number of nitrogens with one attached hydrogen (secondary N) is 1. The molecule has 1 saturated carbocycles. The summed E-state index contributed by atoms with van der Waals surface area (Å²) in [4.78, 5) is 4.03. The number of hydrogen-bond acceptors (Lipinski definition) is 5. The third kappa shape index (κ3) is 3.46. The second kappa shape index (κ2) is 5.27. The smallest absolute Gasteiger partial charge is 0.335 e. The predicted octanol–water partition coefficient (Wildman–Crippen LogP) is -0.0391. The third-order valence-corrected chi connectivity index (χ3v) is 2.41. The van der Waals surface area contributed by atoms with Gasteiger partial charge in [0.2, 0.25) is 0 Å². The number of methoxy groups -OCH3 is 1. The highest BCUT2D eigenvalue weighted by atomic mass is 16.5. The standard InChI is InChI=1S/C10H18N4O2/c1-14-7-12-10(13-14)16-9(6-15-2)5-11-8-3-4-8/h7-9,11H,3-6H2,1-2H3. The Morgan fingerprint density at radius 1 is 1.62 bits per heavy atom. The summed E-state index contributed by atoms with van der Waals surface area (Å²) < 4.78 is 12.4. The van der Waals surface area contributed by atoms with Crippen molar-refractivity contribution in [1.29, 1.82) is 0 Å². The fourth-order valence-electron chi connectivity index (χ4n) is 1.43. The Morgan fingerprint density at radius 2 is 2.44 bits per heavy atom. The minimum absolute atomic E-state index is 0.0343. The molecule has 16 heavy (non-hydrogen) atoms. The van der Waals surface area contributed by atoms with E-state index >= 15 is 0 Å². The van der Waals surface area contributed by atoms with Crippen LogP contribution >= 0.6 is 0 Å². The highest BCUT2D eigenvalue weighted by molar-refractivity contribution is 4.90. The monoisotopic (exact) mass is 226 g/mol. The molecule has 6 heteroatoms. The highest BCUT2D eigenvalue weighted by Crippen LogP contribution is 2.18. The molecule has 1 aromatic heterocycles. The summed E-state index contributed by atoms with van der Waals surface area (Å²) in [5, 5.41) is 7.48. The molecule has 1 N–H and O–H groups in total. The van der Waals surface area contributed by atoms with Crippen LogP contribution in [0.3, 0.4) is 0 Å². The van der Waals surface area contributed by atoms with E-state index in [9.17, 15) is 0 Å². The molecule has 0 spiro atoms. The lowest BCUT2D eigenvalue weighted by atomic mass is 10.3. The van der Waals surface area contributed by atoms with Gasteiger partial charge < -0.3 is 14.8 Å². The molecule has 1 unspecified atom stereocenters. The molecule has 0 bridgehead atoms. The van der Waals surface area contributed by atoms with Gasteiger partial charge >= 0.3 is 6.01 Å². The van der Waals surface area contributed by atoms with Gasteiger partial charge in [-0.1, -0.05) is 0 Å². The van der Waals surface area contributed by atoms with Crippen LogP contribution in [-0.4, -0.2) is 47.2 Å². The maximum atomic E-state index is 5.62. The van der Waals surface area contributed by atoms with Crippen LogP contribution in [0.5, 0.6) is 6.01 Å². The van der Waals surface area contributed by atoms with Gasteiger partial charge in [0.1, 0.15) is 12.4 Å². The van der Waals surface area contributed by atoms with Crippen LogP contribution in [0.1, 0.15) is 12.8 Å². The molecule has 0 aromatic carbocycles. The summed E-state index contributed by atoms with van der Waals surface area (Å²) in [6.45, 7) is 1.31. The van der Waals surface area contributed by atoms with Crippen LogP contribution < -0.4 is 10.1 Å². The van der Waals surface area contributed by atoms with Gasteiger partial charge in [0.25, 0.3) is 0 Å². The topological polar surface area (TPSA) is 61.2 Å². The van der Waals surface area contributed by atoms with Crippen molar-refractivity contribution in [3.63, 3.8) is 0 Å². The van der Waals surface area contributed by atoms with Crippen LogP contribution in [0.25, 0.3) is 0 Å². The Morgan fingerprint density at radius 3 is 3.00 bits per heavy atom. The van der Waals surface area contributed by atoms with Crippen molar-refractivity contribution in [1.82, 2.24) is 20.1 Å². The first-order chi connectivity index (χ1) is 7.78. The molecule has 2 rings (SSSR count). The van der Waals surface area contributed by atoms with E-state index in [1.807, 2.05) is 7.05 Å². The number of aromatic nitrogens is 3. The largest absolute Gasteiger partial charge is 0.455 e. The number of hydrogen-bond donors (Lipinski definition) is 1. The van der Waals surface area contributed by atoms with Gasteiger partial charge in [0.15, 0.2) is 0 Å². The van der Waals surface area contributed by atoms with Gasteiger partial charge in [-0.3, -0.25) is 4.68 Å². The molecule has 0 saturated heterocycles. The zero-order valence-corrected chi connectivity index (χ0v) is 9.72. The normalized spacial score (nSPS) is 17.4.